The Balaban J connectivity index is 2.09. The fourth-order valence-corrected chi connectivity index (χ4v) is 4.46. The normalized spacial score (nSPS) is 11.9. The highest BCUT2D eigenvalue weighted by Crippen LogP contribution is 2.18. The van der Waals surface area contributed by atoms with Gasteiger partial charge in [-0.2, -0.15) is 4.31 Å². The Bertz CT molecular complexity index is 775. The van der Waals surface area contributed by atoms with Crippen LogP contribution in [0.2, 0.25) is 0 Å². The lowest BCUT2D eigenvalue weighted by atomic mass is 10.2. The number of sulfonamides is 1. The number of nitrogens with zero attached hydrogens (tertiary/aromatic N) is 1. The zero-order valence-corrected chi connectivity index (χ0v) is 17.2. The van der Waals surface area contributed by atoms with Crippen molar-refractivity contribution >= 4 is 15.7 Å². The highest BCUT2D eigenvalue weighted by Gasteiger charge is 2.23. The van der Waals surface area contributed by atoms with Crippen LogP contribution in [0, 0.1) is 5.92 Å². The lowest BCUT2D eigenvalue weighted by Crippen LogP contribution is -2.34. The second kappa shape index (κ2) is 10.4. The largest absolute Gasteiger partial charge is 0.383 e. The van der Waals surface area contributed by atoms with E-state index in [4.69, 9.17) is 4.74 Å². The third-order valence-corrected chi connectivity index (χ3v) is 5.87. The van der Waals surface area contributed by atoms with Crippen molar-refractivity contribution in [2.24, 2.45) is 5.92 Å². The van der Waals surface area contributed by atoms with Gasteiger partial charge >= 0.3 is 0 Å². The maximum Gasteiger partial charge on any atom is 0.218 e. The number of ether oxygens (including phenoxy) is 1. The molecule has 2 aromatic carbocycles. The predicted molar refractivity (Wildman–Crippen MR) is 111 cm³/mol. The van der Waals surface area contributed by atoms with Crippen LogP contribution in [0.3, 0.4) is 0 Å². The molecule has 2 rings (SSSR count). The molecule has 0 radical (unpaired) electrons. The van der Waals surface area contributed by atoms with Gasteiger partial charge < -0.3 is 10.1 Å². The van der Waals surface area contributed by atoms with E-state index < -0.39 is 10.0 Å². The molecule has 0 saturated heterocycles. The van der Waals surface area contributed by atoms with Crippen LogP contribution in [0.4, 0.5) is 5.69 Å². The molecule has 0 fully saturated rings. The van der Waals surface area contributed by atoms with Crippen LogP contribution in [-0.4, -0.2) is 39.5 Å². The van der Waals surface area contributed by atoms with Gasteiger partial charge in [-0.1, -0.05) is 56.3 Å². The van der Waals surface area contributed by atoms with Crippen LogP contribution in [0.15, 0.2) is 54.6 Å². The lowest BCUT2D eigenvalue weighted by molar-refractivity contribution is 0.211. The van der Waals surface area contributed by atoms with Crippen LogP contribution in [0.25, 0.3) is 0 Å². The van der Waals surface area contributed by atoms with Crippen molar-refractivity contribution in [2.75, 3.05) is 32.1 Å². The molecule has 0 aliphatic rings. The van der Waals surface area contributed by atoms with Crippen molar-refractivity contribution in [3.8, 4) is 0 Å². The average molecular weight is 391 g/mol. The van der Waals surface area contributed by atoms with Gasteiger partial charge in [0.1, 0.15) is 0 Å². The SMILES string of the molecule is COCCNc1ccc(CN(CC(C)C)S(=O)(=O)Cc2ccccc2)cc1. The maximum absolute atomic E-state index is 13.0. The van der Waals surface area contributed by atoms with Crippen molar-refractivity contribution in [1.82, 2.24) is 4.31 Å². The van der Waals surface area contributed by atoms with Gasteiger partial charge in [0, 0.05) is 32.4 Å². The summed E-state index contributed by atoms with van der Waals surface area (Å²) in [5, 5.41) is 3.26. The smallest absolute Gasteiger partial charge is 0.218 e. The van der Waals surface area contributed by atoms with Crippen molar-refractivity contribution in [3.05, 3.63) is 65.7 Å². The molecule has 0 unspecified atom stereocenters. The molecule has 0 atom stereocenters. The second-order valence-electron chi connectivity index (χ2n) is 7.04. The average Bonchev–Trinajstić information content (AvgIpc) is 2.63. The van der Waals surface area contributed by atoms with E-state index in [1.54, 1.807) is 11.4 Å². The third-order valence-electron chi connectivity index (χ3n) is 4.10. The number of benzene rings is 2. The van der Waals surface area contributed by atoms with Crippen molar-refractivity contribution in [2.45, 2.75) is 26.1 Å². The van der Waals surface area contributed by atoms with Crippen molar-refractivity contribution in [3.63, 3.8) is 0 Å². The molecule has 1 N–H and O–H groups in total. The second-order valence-corrected chi connectivity index (χ2v) is 9.01. The van der Waals surface area contributed by atoms with Gasteiger partial charge in [-0.15, -0.1) is 0 Å². The molecule has 5 nitrogen and oxygen atoms in total. The Morgan fingerprint density at radius 1 is 1.00 bits per heavy atom. The van der Waals surface area contributed by atoms with Crippen LogP contribution >= 0.6 is 0 Å². The van der Waals surface area contributed by atoms with Crippen LogP contribution in [0.5, 0.6) is 0 Å². The number of hydrogen-bond acceptors (Lipinski definition) is 4. The van der Waals surface area contributed by atoms with E-state index in [0.717, 1.165) is 23.4 Å². The summed E-state index contributed by atoms with van der Waals surface area (Å²) in [6.07, 6.45) is 0. The molecule has 2 aromatic rings. The van der Waals surface area contributed by atoms with Gasteiger partial charge in [-0.05, 0) is 29.2 Å². The van der Waals surface area contributed by atoms with E-state index in [9.17, 15) is 8.42 Å². The Kier molecular flexibility index (Phi) is 8.28. The Hall–Kier alpha value is -1.89. The lowest BCUT2D eigenvalue weighted by Gasteiger charge is -2.24. The first-order chi connectivity index (χ1) is 12.9. The first-order valence-electron chi connectivity index (χ1n) is 9.24. The highest BCUT2D eigenvalue weighted by atomic mass is 32.2. The van der Waals surface area contributed by atoms with Gasteiger partial charge in [-0.25, -0.2) is 8.42 Å². The fraction of sp³-hybridized carbons (Fsp3) is 0.429. The van der Waals surface area contributed by atoms with E-state index >= 15 is 0 Å². The predicted octanol–water partition coefficient (Wildman–Crippen LogP) is 3.73. The fourth-order valence-electron chi connectivity index (χ4n) is 2.79. The molecule has 0 bridgehead atoms. The van der Waals surface area contributed by atoms with Gasteiger partial charge in [-0.3, -0.25) is 0 Å². The number of anilines is 1. The van der Waals surface area contributed by atoms with Gasteiger partial charge in [0.05, 0.1) is 12.4 Å². The number of methoxy groups -OCH3 is 1. The summed E-state index contributed by atoms with van der Waals surface area (Å²) in [6, 6.07) is 17.2. The van der Waals surface area contributed by atoms with Gasteiger partial charge in [0.25, 0.3) is 0 Å². The summed E-state index contributed by atoms with van der Waals surface area (Å²) in [5.74, 6) is 0.280. The maximum atomic E-state index is 13.0. The molecule has 148 valence electrons. The number of hydrogen-bond donors (Lipinski definition) is 1. The zero-order valence-electron chi connectivity index (χ0n) is 16.4. The molecule has 0 aliphatic heterocycles. The van der Waals surface area contributed by atoms with E-state index in [-0.39, 0.29) is 11.7 Å². The zero-order chi connectivity index (χ0) is 19.7. The summed E-state index contributed by atoms with van der Waals surface area (Å²) in [5.41, 5.74) is 2.78. The third kappa shape index (κ3) is 7.33. The summed E-state index contributed by atoms with van der Waals surface area (Å²) in [6.45, 7) is 6.33. The minimum Gasteiger partial charge on any atom is -0.383 e. The quantitative estimate of drug-likeness (QED) is 0.594. The topological polar surface area (TPSA) is 58.6 Å². The molecule has 6 heteroatoms. The van der Waals surface area contributed by atoms with Gasteiger partial charge in [0.2, 0.25) is 10.0 Å². The summed E-state index contributed by atoms with van der Waals surface area (Å²) >= 11 is 0. The first kappa shape index (κ1) is 21.4. The van der Waals surface area contributed by atoms with Gasteiger partial charge in [0.15, 0.2) is 0 Å². The molecule has 0 aliphatic carbocycles. The van der Waals surface area contributed by atoms with E-state index in [2.05, 4.69) is 5.32 Å². The van der Waals surface area contributed by atoms with Crippen LogP contribution < -0.4 is 5.32 Å². The van der Waals surface area contributed by atoms with Crippen LogP contribution in [0.1, 0.15) is 25.0 Å². The monoisotopic (exact) mass is 390 g/mol. The minimum atomic E-state index is -3.40. The number of rotatable bonds is 11. The first-order valence-corrected chi connectivity index (χ1v) is 10.8. The molecule has 0 saturated carbocycles. The number of nitrogens with one attached hydrogen (secondary N) is 1. The van der Waals surface area contributed by atoms with E-state index in [1.165, 1.54) is 0 Å². The van der Waals surface area contributed by atoms with Crippen LogP contribution in [-0.2, 0) is 27.1 Å². The summed E-state index contributed by atoms with van der Waals surface area (Å²) in [7, 11) is -1.72. The summed E-state index contributed by atoms with van der Waals surface area (Å²) < 4.78 is 32.6. The molecule has 27 heavy (non-hydrogen) atoms. The van der Waals surface area contributed by atoms with Crippen molar-refractivity contribution in [1.29, 1.82) is 0 Å². The Morgan fingerprint density at radius 2 is 1.67 bits per heavy atom. The molecule has 0 heterocycles. The van der Waals surface area contributed by atoms with E-state index in [1.807, 2.05) is 68.4 Å². The molecular weight excluding hydrogens is 360 g/mol. The molecule has 0 spiro atoms. The summed E-state index contributed by atoms with van der Waals surface area (Å²) in [4.78, 5) is 0. The Labute approximate surface area is 163 Å². The Morgan fingerprint density at radius 3 is 2.26 bits per heavy atom. The molecular formula is C21H30N2O3S. The minimum absolute atomic E-state index is 0.0250. The highest BCUT2D eigenvalue weighted by molar-refractivity contribution is 7.88. The standard InChI is InChI=1S/C21H30N2O3S/c1-18(2)15-23(27(24,25)17-20-7-5-4-6-8-20)16-19-9-11-21(12-10-19)22-13-14-26-3/h4-12,18,22H,13-17H2,1-3H3. The molecule has 0 aromatic heterocycles. The van der Waals surface area contributed by atoms with E-state index in [0.29, 0.717) is 19.7 Å². The van der Waals surface area contributed by atoms with Crippen molar-refractivity contribution < 1.29 is 13.2 Å². The molecule has 0 amide bonds.